The number of ether oxygens (including phenoxy) is 1. The summed E-state index contributed by atoms with van der Waals surface area (Å²) in [6.07, 6.45) is 1.87. The molecule has 0 aliphatic heterocycles. The van der Waals surface area contributed by atoms with Gasteiger partial charge in [0.2, 0.25) is 5.75 Å². The van der Waals surface area contributed by atoms with E-state index in [0.29, 0.717) is 17.2 Å². The summed E-state index contributed by atoms with van der Waals surface area (Å²) in [5.41, 5.74) is 11.8. The zero-order chi connectivity index (χ0) is 36.0. The van der Waals surface area contributed by atoms with E-state index in [2.05, 4.69) is 78.9 Å². The van der Waals surface area contributed by atoms with Crippen molar-refractivity contribution in [1.82, 2.24) is 14.5 Å². The van der Waals surface area contributed by atoms with Crippen LogP contribution in [0.3, 0.4) is 0 Å². The van der Waals surface area contributed by atoms with E-state index < -0.39 is 0 Å². The van der Waals surface area contributed by atoms with Gasteiger partial charge in [-0.3, -0.25) is 9.55 Å². The van der Waals surface area contributed by atoms with Crippen LogP contribution in [-0.4, -0.2) is 19.6 Å². The molecule has 0 aliphatic rings. The highest BCUT2D eigenvalue weighted by Crippen LogP contribution is 2.44. The fourth-order valence-electron chi connectivity index (χ4n) is 7.28. The van der Waals surface area contributed by atoms with Gasteiger partial charge in [0, 0.05) is 28.1 Å². The Morgan fingerprint density at radius 2 is 1.22 bits per heavy atom. The van der Waals surface area contributed by atoms with Gasteiger partial charge in [-0.2, -0.15) is 4.98 Å². The summed E-state index contributed by atoms with van der Waals surface area (Å²) in [4.78, 5) is 10.0. The molecule has 0 spiro atoms. The van der Waals surface area contributed by atoms with Gasteiger partial charge in [0.05, 0.1) is 16.9 Å². The lowest BCUT2D eigenvalue weighted by molar-refractivity contribution is 0.388. The van der Waals surface area contributed by atoms with Crippen LogP contribution in [0.4, 0.5) is 0 Å². The molecule has 0 saturated heterocycles. The van der Waals surface area contributed by atoms with Crippen LogP contribution in [-0.2, 0) is 0 Å². The highest BCUT2D eigenvalue weighted by molar-refractivity contribution is 6.07. The van der Waals surface area contributed by atoms with E-state index in [1.807, 2.05) is 102 Å². The Kier molecular flexibility index (Phi) is 7.51. The van der Waals surface area contributed by atoms with Crippen molar-refractivity contribution in [3.05, 3.63) is 182 Å². The summed E-state index contributed by atoms with van der Waals surface area (Å²) in [5, 5.41) is 13.0. The number of hydrogen-bond acceptors (Lipinski definition) is 5. The highest BCUT2D eigenvalue weighted by Gasteiger charge is 2.23. The van der Waals surface area contributed by atoms with Gasteiger partial charge in [0.15, 0.2) is 11.3 Å². The van der Waals surface area contributed by atoms with Crippen molar-refractivity contribution < 1.29 is 14.3 Å². The first-order valence-electron chi connectivity index (χ1n) is 17.8. The number of aromatic nitrogens is 3. The van der Waals surface area contributed by atoms with Crippen LogP contribution >= 0.6 is 0 Å². The molecule has 256 valence electrons. The van der Waals surface area contributed by atoms with Crippen molar-refractivity contribution in [1.29, 1.82) is 0 Å². The van der Waals surface area contributed by atoms with E-state index >= 15 is 0 Å². The number of fused-ring (bicyclic) bond motifs is 4. The maximum absolute atomic E-state index is 11.2. The molecule has 0 aliphatic carbocycles. The maximum Gasteiger partial charge on any atom is 0.307 e. The minimum Gasteiger partial charge on any atom is -0.504 e. The van der Waals surface area contributed by atoms with E-state index in [9.17, 15) is 5.11 Å². The summed E-state index contributed by atoms with van der Waals surface area (Å²) >= 11 is 0. The molecule has 7 aromatic carbocycles. The Labute approximate surface area is 310 Å². The molecular weight excluding hydrogens is 667 g/mol. The number of pyridine rings is 1. The maximum atomic E-state index is 11.2. The summed E-state index contributed by atoms with van der Waals surface area (Å²) in [5.74, 6) is 0.161. The van der Waals surface area contributed by atoms with Crippen molar-refractivity contribution in [3.63, 3.8) is 0 Å². The second kappa shape index (κ2) is 13.0. The number of imidazole rings is 1. The van der Waals surface area contributed by atoms with Gasteiger partial charge in [0.1, 0.15) is 11.1 Å². The third kappa shape index (κ3) is 5.45. The van der Waals surface area contributed by atoms with Gasteiger partial charge in [-0.15, -0.1) is 0 Å². The van der Waals surface area contributed by atoms with Crippen LogP contribution in [0, 0.1) is 0 Å². The summed E-state index contributed by atoms with van der Waals surface area (Å²) in [6.45, 7) is 0. The van der Waals surface area contributed by atoms with E-state index in [-0.39, 0.29) is 11.5 Å². The molecule has 6 nitrogen and oxygen atoms in total. The molecule has 0 bridgehead atoms. The number of benzene rings is 7. The average Bonchev–Trinajstić information content (AvgIpc) is 3.81. The van der Waals surface area contributed by atoms with Gasteiger partial charge in [-0.05, 0) is 94.5 Å². The molecular formula is C48H31N3O3. The van der Waals surface area contributed by atoms with Crippen LogP contribution in [0.15, 0.2) is 187 Å². The number of furan rings is 1. The topological polar surface area (TPSA) is 73.3 Å². The van der Waals surface area contributed by atoms with Crippen LogP contribution in [0.1, 0.15) is 0 Å². The molecule has 3 heterocycles. The summed E-state index contributed by atoms with van der Waals surface area (Å²) in [6, 6.07) is 59.3. The summed E-state index contributed by atoms with van der Waals surface area (Å²) < 4.78 is 14.9. The number of para-hydroxylation sites is 3. The quantitative estimate of drug-likeness (QED) is 0.179. The molecule has 0 atom stereocenters. The number of aromatic hydroxyl groups is 1. The van der Waals surface area contributed by atoms with Crippen molar-refractivity contribution in [2.75, 3.05) is 0 Å². The molecule has 0 radical (unpaired) electrons. The summed E-state index contributed by atoms with van der Waals surface area (Å²) in [7, 11) is 0. The predicted molar refractivity (Wildman–Crippen MR) is 216 cm³/mol. The van der Waals surface area contributed by atoms with Crippen LogP contribution in [0.25, 0.3) is 83.3 Å². The Morgan fingerprint density at radius 1 is 0.537 bits per heavy atom. The van der Waals surface area contributed by atoms with Crippen LogP contribution in [0.2, 0.25) is 0 Å². The predicted octanol–water partition coefficient (Wildman–Crippen LogP) is 12.5. The number of hydrogen-bond donors (Lipinski definition) is 1. The lowest BCUT2D eigenvalue weighted by Gasteiger charge is -2.12. The standard InChI is InChI=1S/C48H31N3O3/c52-43-24-23-40-39-19-10-11-22-44(39)53-46(40)47(43)54-48-50-45-38(20-12-21-42(45)51(48)37-17-8-3-9-18-37)35-27-34(32-15-6-2-7-16-32)28-36(29-35)41-30-33(25-26-49-41)31-13-4-1-5-14-31/h1-30,52H. The molecule has 54 heavy (non-hydrogen) atoms. The van der Waals surface area contributed by atoms with E-state index in [4.69, 9.17) is 19.1 Å². The lowest BCUT2D eigenvalue weighted by atomic mass is 9.93. The average molecular weight is 698 g/mol. The highest BCUT2D eigenvalue weighted by atomic mass is 16.5. The van der Waals surface area contributed by atoms with Crippen molar-refractivity contribution in [2.24, 2.45) is 0 Å². The fraction of sp³-hybridized carbons (Fsp3) is 0. The normalized spacial score (nSPS) is 11.4. The first-order valence-corrected chi connectivity index (χ1v) is 17.8. The molecule has 0 fully saturated rings. The van der Waals surface area contributed by atoms with Gasteiger partial charge in [-0.25, -0.2) is 0 Å². The number of phenols is 1. The van der Waals surface area contributed by atoms with Crippen LogP contribution in [0.5, 0.6) is 17.5 Å². The molecule has 0 amide bonds. The SMILES string of the molecule is Oc1ccc2c(oc3ccccc32)c1Oc1nc2c(-c3cc(-c4ccccc4)cc(-c4cc(-c5ccccc5)ccn4)c3)cccc2n1-c1ccccc1. The lowest BCUT2D eigenvalue weighted by Crippen LogP contribution is -1.98. The van der Waals surface area contributed by atoms with Gasteiger partial charge in [-0.1, -0.05) is 109 Å². The Balaban J connectivity index is 1.18. The van der Waals surface area contributed by atoms with Gasteiger partial charge >= 0.3 is 6.01 Å². The van der Waals surface area contributed by atoms with E-state index in [0.717, 1.165) is 72.1 Å². The van der Waals surface area contributed by atoms with Crippen molar-refractivity contribution >= 4 is 33.0 Å². The molecule has 1 N–H and O–H groups in total. The minimum atomic E-state index is -0.0427. The smallest absolute Gasteiger partial charge is 0.307 e. The van der Waals surface area contributed by atoms with Crippen molar-refractivity contribution in [2.45, 2.75) is 0 Å². The molecule has 3 aromatic heterocycles. The third-order valence-electron chi connectivity index (χ3n) is 9.86. The largest absolute Gasteiger partial charge is 0.504 e. The monoisotopic (exact) mass is 697 g/mol. The van der Waals surface area contributed by atoms with Crippen LogP contribution < -0.4 is 4.74 Å². The Hall–Kier alpha value is -7.44. The molecule has 0 unspecified atom stereocenters. The molecule has 10 rings (SSSR count). The number of rotatable bonds is 7. The second-order valence-corrected chi connectivity index (χ2v) is 13.2. The third-order valence-corrected chi connectivity index (χ3v) is 9.86. The minimum absolute atomic E-state index is 0.0427. The van der Waals surface area contributed by atoms with Gasteiger partial charge in [0.25, 0.3) is 0 Å². The zero-order valence-electron chi connectivity index (χ0n) is 28.9. The molecule has 6 heteroatoms. The molecule has 10 aromatic rings. The first kappa shape index (κ1) is 31.3. The second-order valence-electron chi connectivity index (χ2n) is 13.2. The molecule has 0 saturated carbocycles. The number of phenolic OH excluding ortho intramolecular Hbond substituents is 1. The van der Waals surface area contributed by atoms with Crippen molar-refractivity contribution in [3.8, 4) is 67.8 Å². The number of nitrogens with zero attached hydrogens (tertiary/aromatic N) is 3. The van der Waals surface area contributed by atoms with Gasteiger partial charge < -0.3 is 14.3 Å². The Bertz CT molecular complexity index is 2970. The Morgan fingerprint density at radius 3 is 2.02 bits per heavy atom. The zero-order valence-corrected chi connectivity index (χ0v) is 28.9. The van der Waals surface area contributed by atoms with E-state index in [1.54, 1.807) is 6.07 Å². The van der Waals surface area contributed by atoms with E-state index in [1.165, 1.54) is 0 Å². The first-order chi connectivity index (χ1) is 26.7. The fourth-order valence-corrected chi connectivity index (χ4v) is 7.28.